The van der Waals surface area contributed by atoms with Crippen LogP contribution in [-0.4, -0.2) is 65.8 Å². The Bertz CT molecular complexity index is 943. The predicted octanol–water partition coefficient (Wildman–Crippen LogP) is 0.373. The summed E-state index contributed by atoms with van der Waals surface area (Å²) in [6, 6.07) is 9.58. The average Bonchev–Trinajstić information content (AvgIpc) is 3.09. The highest BCUT2D eigenvalue weighted by Crippen LogP contribution is 2.14. The maximum atomic E-state index is 12.8. The van der Waals surface area contributed by atoms with Gasteiger partial charge in [-0.1, -0.05) is 30.3 Å². The summed E-state index contributed by atoms with van der Waals surface area (Å²) in [6.07, 6.45) is 1.80. The minimum absolute atomic E-state index is 0.0139. The van der Waals surface area contributed by atoms with E-state index in [1.165, 1.54) is 26.5 Å². The molecule has 0 saturated carbocycles. The number of hydrazone groups is 1. The third-order valence-corrected chi connectivity index (χ3v) is 4.08. The minimum atomic E-state index is -0.619. The monoisotopic (exact) mass is 412 g/mol. The molecule has 1 aromatic heterocycles. The van der Waals surface area contributed by atoms with E-state index in [1.54, 1.807) is 0 Å². The molecule has 30 heavy (non-hydrogen) atoms. The Morgan fingerprint density at radius 3 is 2.67 bits per heavy atom. The van der Waals surface area contributed by atoms with Crippen LogP contribution in [0.15, 0.2) is 41.5 Å². The fraction of sp³-hybridized carbons (Fsp3) is 0.263. The molecule has 3 rings (SSSR count). The van der Waals surface area contributed by atoms with Crippen molar-refractivity contribution in [1.29, 1.82) is 0 Å². The van der Waals surface area contributed by atoms with E-state index in [-0.39, 0.29) is 24.1 Å². The first-order chi connectivity index (χ1) is 14.5. The van der Waals surface area contributed by atoms with Crippen LogP contribution in [0.2, 0.25) is 0 Å². The first-order valence-electron chi connectivity index (χ1n) is 8.95. The van der Waals surface area contributed by atoms with Crippen molar-refractivity contribution in [1.82, 2.24) is 25.6 Å². The maximum absolute atomic E-state index is 12.8. The fourth-order valence-corrected chi connectivity index (χ4v) is 2.65. The summed E-state index contributed by atoms with van der Waals surface area (Å²) in [5.41, 5.74) is 0.980. The summed E-state index contributed by atoms with van der Waals surface area (Å²) in [7, 11) is 2.79. The number of nitrogens with zero attached hydrogens (tertiary/aromatic N) is 4. The molecule has 156 valence electrons. The Morgan fingerprint density at radius 2 is 2.03 bits per heavy atom. The molecule has 11 heteroatoms. The van der Waals surface area contributed by atoms with E-state index in [1.807, 2.05) is 30.3 Å². The molecule has 1 fully saturated rings. The van der Waals surface area contributed by atoms with E-state index in [0.717, 1.165) is 10.6 Å². The standard InChI is InChI=1S/C19H20N6O5/c1-29-16-9-14(22-18(24-16)30-2)17(27)21-13(8-12-6-4-3-5-7-12)10-20-25-11-15(26)23-19(25)28/h3-7,9-10,13H,8,11H2,1-2H3,(H,21,27)(H,23,26,28)/b20-10+. The molecular formula is C19H20N6O5. The molecule has 4 amide bonds. The number of ether oxygens (including phenoxy) is 2. The van der Waals surface area contributed by atoms with Crippen LogP contribution in [0.5, 0.6) is 11.9 Å². The van der Waals surface area contributed by atoms with Crippen molar-refractivity contribution in [3.8, 4) is 11.9 Å². The van der Waals surface area contributed by atoms with Crippen molar-refractivity contribution in [2.24, 2.45) is 5.10 Å². The second-order valence-corrected chi connectivity index (χ2v) is 6.23. The van der Waals surface area contributed by atoms with Crippen molar-refractivity contribution in [2.45, 2.75) is 12.5 Å². The number of benzene rings is 1. The van der Waals surface area contributed by atoms with Gasteiger partial charge in [0, 0.05) is 12.3 Å². The number of rotatable bonds is 8. The highest BCUT2D eigenvalue weighted by molar-refractivity contribution is 6.02. The lowest BCUT2D eigenvalue weighted by molar-refractivity contribution is -0.118. The van der Waals surface area contributed by atoms with E-state index < -0.39 is 23.9 Å². The molecule has 2 N–H and O–H groups in total. The second kappa shape index (κ2) is 9.45. The Balaban J connectivity index is 1.80. The van der Waals surface area contributed by atoms with Gasteiger partial charge in [0.15, 0.2) is 0 Å². The fourth-order valence-electron chi connectivity index (χ4n) is 2.65. The summed E-state index contributed by atoms with van der Waals surface area (Å²) >= 11 is 0. The number of hydrogen-bond donors (Lipinski definition) is 2. The molecule has 0 radical (unpaired) electrons. The van der Waals surface area contributed by atoms with Gasteiger partial charge in [0.2, 0.25) is 11.8 Å². The molecule has 1 unspecified atom stereocenters. The van der Waals surface area contributed by atoms with Crippen LogP contribution in [0.4, 0.5) is 4.79 Å². The number of hydrogen-bond acceptors (Lipinski definition) is 8. The van der Waals surface area contributed by atoms with Crippen molar-refractivity contribution in [3.63, 3.8) is 0 Å². The average molecular weight is 412 g/mol. The molecule has 1 atom stereocenters. The number of amides is 4. The third kappa shape index (κ3) is 5.28. The highest BCUT2D eigenvalue weighted by atomic mass is 16.5. The molecule has 1 aliphatic rings. The SMILES string of the molecule is COc1cc(C(=O)NC(/C=N/N2CC(=O)NC2=O)Cc2ccccc2)nc(OC)n1. The molecular weight excluding hydrogens is 392 g/mol. The van der Waals surface area contributed by atoms with Crippen LogP contribution < -0.4 is 20.1 Å². The molecule has 1 aromatic carbocycles. The summed E-state index contributed by atoms with van der Waals surface area (Å²) < 4.78 is 10.1. The first-order valence-corrected chi connectivity index (χ1v) is 8.95. The van der Waals surface area contributed by atoms with Crippen LogP contribution in [0.25, 0.3) is 0 Å². The minimum Gasteiger partial charge on any atom is -0.481 e. The normalized spacial score (nSPS) is 14.5. The Morgan fingerprint density at radius 1 is 1.27 bits per heavy atom. The third-order valence-electron chi connectivity index (χ3n) is 4.08. The topological polar surface area (TPSA) is 135 Å². The number of aromatic nitrogens is 2. The second-order valence-electron chi connectivity index (χ2n) is 6.23. The summed E-state index contributed by atoms with van der Waals surface area (Å²) in [4.78, 5) is 43.8. The first kappa shape index (κ1) is 20.7. The van der Waals surface area contributed by atoms with Crippen LogP contribution in [0, 0.1) is 0 Å². The lowest BCUT2D eigenvalue weighted by Gasteiger charge is -2.16. The van der Waals surface area contributed by atoms with Gasteiger partial charge in [-0.25, -0.2) is 9.80 Å². The van der Waals surface area contributed by atoms with Gasteiger partial charge < -0.3 is 14.8 Å². The van der Waals surface area contributed by atoms with E-state index >= 15 is 0 Å². The zero-order valence-electron chi connectivity index (χ0n) is 16.4. The molecule has 2 heterocycles. The van der Waals surface area contributed by atoms with E-state index in [4.69, 9.17) is 9.47 Å². The van der Waals surface area contributed by atoms with Crippen molar-refractivity contribution in [2.75, 3.05) is 20.8 Å². The van der Waals surface area contributed by atoms with Crippen LogP contribution >= 0.6 is 0 Å². The molecule has 1 saturated heterocycles. The van der Waals surface area contributed by atoms with Crippen molar-refractivity contribution >= 4 is 24.1 Å². The summed E-state index contributed by atoms with van der Waals surface area (Å²) in [5, 5.41) is 9.97. The van der Waals surface area contributed by atoms with Gasteiger partial charge in [0.1, 0.15) is 12.2 Å². The number of urea groups is 1. The van der Waals surface area contributed by atoms with Gasteiger partial charge in [-0.2, -0.15) is 15.1 Å². The number of nitrogens with one attached hydrogen (secondary N) is 2. The summed E-state index contributed by atoms with van der Waals surface area (Å²) in [6.45, 7) is -0.179. The van der Waals surface area contributed by atoms with E-state index in [2.05, 4.69) is 25.7 Å². The largest absolute Gasteiger partial charge is 0.481 e. The zero-order chi connectivity index (χ0) is 21.5. The van der Waals surface area contributed by atoms with Gasteiger partial charge in [-0.3, -0.25) is 14.9 Å². The van der Waals surface area contributed by atoms with Gasteiger partial charge in [-0.15, -0.1) is 0 Å². The van der Waals surface area contributed by atoms with E-state index in [0.29, 0.717) is 6.42 Å². The Hall–Kier alpha value is -4.02. The molecule has 0 bridgehead atoms. The smallest absolute Gasteiger partial charge is 0.344 e. The number of methoxy groups -OCH3 is 2. The van der Waals surface area contributed by atoms with Crippen molar-refractivity contribution < 1.29 is 23.9 Å². The molecule has 0 spiro atoms. The van der Waals surface area contributed by atoms with E-state index in [9.17, 15) is 14.4 Å². The lowest BCUT2D eigenvalue weighted by Crippen LogP contribution is -2.39. The molecule has 11 nitrogen and oxygen atoms in total. The molecule has 2 aromatic rings. The van der Waals surface area contributed by atoms with Gasteiger partial charge in [0.25, 0.3) is 5.91 Å². The van der Waals surface area contributed by atoms with Crippen LogP contribution in [0.3, 0.4) is 0 Å². The van der Waals surface area contributed by atoms with Crippen LogP contribution in [-0.2, 0) is 11.2 Å². The number of carbonyl (C=O) groups excluding carboxylic acids is 3. The Kier molecular flexibility index (Phi) is 6.53. The van der Waals surface area contributed by atoms with Crippen LogP contribution in [0.1, 0.15) is 16.1 Å². The maximum Gasteiger partial charge on any atom is 0.344 e. The summed E-state index contributed by atoms with van der Waals surface area (Å²) in [5.74, 6) is -0.781. The lowest BCUT2D eigenvalue weighted by atomic mass is 10.1. The zero-order valence-corrected chi connectivity index (χ0v) is 16.4. The number of carbonyl (C=O) groups is 3. The highest BCUT2D eigenvalue weighted by Gasteiger charge is 2.26. The quantitative estimate of drug-likeness (QED) is 0.472. The molecule has 1 aliphatic heterocycles. The van der Waals surface area contributed by atoms with Gasteiger partial charge >= 0.3 is 12.0 Å². The Labute approximate surface area is 172 Å². The van der Waals surface area contributed by atoms with Crippen molar-refractivity contribution in [3.05, 3.63) is 47.7 Å². The number of imide groups is 1. The predicted molar refractivity (Wildman–Crippen MR) is 105 cm³/mol. The molecule has 0 aliphatic carbocycles. The van der Waals surface area contributed by atoms with Gasteiger partial charge in [0.05, 0.1) is 20.3 Å². The van der Waals surface area contributed by atoms with Gasteiger partial charge in [-0.05, 0) is 12.0 Å².